The van der Waals surface area contributed by atoms with Gasteiger partial charge in [-0.05, 0) is 18.6 Å². The molecule has 0 aliphatic carbocycles. The molecule has 1 aliphatic rings. The van der Waals surface area contributed by atoms with E-state index in [0.717, 1.165) is 12.5 Å². The molecule has 1 aromatic carbocycles. The lowest BCUT2D eigenvalue weighted by atomic mass is 10.1. The molecule has 0 bridgehead atoms. The number of ketones is 1. The normalized spacial score (nSPS) is 12.9. The number of anilines is 2. The molecule has 5 heteroatoms. The van der Waals surface area contributed by atoms with Crippen LogP contribution >= 0.6 is 0 Å². The van der Waals surface area contributed by atoms with Crippen molar-refractivity contribution in [3.8, 4) is 12.3 Å². The van der Waals surface area contributed by atoms with Gasteiger partial charge in [0.2, 0.25) is 0 Å². The van der Waals surface area contributed by atoms with E-state index in [1.807, 2.05) is 6.92 Å². The molecule has 0 saturated carbocycles. The van der Waals surface area contributed by atoms with Crippen molar-refractivity contribution in [3.05, 3.63) is 23.5 Å². The molecular formula is C14H13FN2O2. The fourth-order valence-corrected chi connectivity index (χ4v) is 2.06. The van der Waals surface area contributed by atoms with Gasteiger partial charge >= 0.3 is 0 Å². The van der Waals surface area contributed by atoms with E-state index in [4.69, 9.17) is 6.42 Å². The van der Waals surface area contributed by atoms with Crippen molar-refractivity contribution in [2.75, 3.05) is 23.3 Å². The number of fused-ring (bicyclic) bond motifs is 1. The van der Waals surface area contributed by atoms with E-state index >= 15 is 0 Å². The van der Waals surface area contributed by atoms with Crippen LogP contribution in [-0.2, 0) is 4.79 Å². The number of halogens is 1. The highest BCUT2D eigenvalue weighted by Gasteiger charge is 2.30. The van der Waals surface area contributed by atoms with Crippen molar-refractivity contribution < 1.29 is 14.0 Å². The summed E-state index contributed by atoms with van der Waals surface area (Å²) in [7, 11) is 0. The molecule has 0 spiro atoms. The molecule has 1 aliphatic heterocycles. The minimum absolute atomic E-state index is 0.0726. The van der Waals surface area contributed by atoms with Gasteiger partial charge in [0.1, 0.15) is 5.82 Å². The number of carbonyl (C=O) groups excluding carboxylic acids is 2. The molecule has 1 heterocycles. The first-order valence-electron chi connectivity index (χ1n) is 5.96. The highest BCUT2D eigenvalue weighted by atomic mass is 19.1. The maximum atomic E-state index is 14.0. The van der Waals surface area contributed by atoms with Crippen LogP contribution in [0.25, 0.3) is 0 Å². The summed E-state index contributed by atoms with van der Waals surface area (Å²) in [4.78, 5) is 24.4. The Morgan fingerprint density at radius 2 is 2.16 bits per heavy atom. The number of hydrogen-bond acceptors (Lipinski definition) is 3. The first-order chi connectivity index (χ1) is 9.08. The van der Waals surface area contributed by atoms with Gasteiger partial charge in [0, 0.05) is 6.54 Å². The van der Waals surface area contributed by atoms with Crippen LogP contribution in [0, 0.1) is 18.2 Å². The second-order valence-corrected chi connectivity index (χ2v) is 4.26. The predicted octanol–water partition coefficient (Wildman–Crippen LogP) is 1.81. The summed E-state index contributed by atoms with van der Waals surface area (Å²) in [5.41, 5.74) is 0.710. The van der Waals surface area contributed by atoms with Gasteiger partial charge in [0.25, 0.3) is 11.7 Å². The Hall–Kier alpha value is -2.35. The number of nitrogens with one attached hydrogen (secondary N) is 1. The number of terminal acetylenes is 1. The lowest BCUT2D eigenvalue weighted by Crippen LogP contribution is -2.25. The zero-order chi connectivity index (χ0) is 14.0. The SMILES string of the molecule is C#CCN(CCC)c1cc2c(cc1F)C(=O)C(=O)N2. The summed E-state index contributed by atoms with van der Waals surface area (Å²) >= 11 is 0. The maximum Gasteiger partial charge on any atom is 0.296 e. The lowest BCUT2D eigenvalue weighted by molar-refractivity contribution is -0.112. The van der Waals surface area contributed by atoms with Gasteiger partial charge in [0.05, 0.1) is 23.5 Å². The Morgan fingerprint density at radius 3 is 2.79 bits per heavy atom. The molecule has 2 rings (SSSR count). The van der Waals surface area contributed by atoms with Crippen LogP contribution in [0.1, 0.15) is 23.7 Å². The second-order valence-electron chi connectivity index (χ2n) is 4.26. The van der Waals surface area contributed by atoms with Crippen LogP contribution in [-0.4, -0.2) is 24.8 Å². The fourth-order valence-electron chi connectivity index (χ4n) is 2.06. The Morgan fingerprint density at radius 1 is 1.42 bits per heavy atom. The minimum atomic E-state index is -0.731. The van der Waals surface area contributed by atoms with E-state index in [2.05, 4.69) is 11.2 Å². The number of nitrogens with zero attached hydrogens (tertiary/aromatic N) is 1. The molecule has 0 saturated heterocycles. The van der Waals surface area contributed by atoms with E-state index in [1.165, 1.54) is 6.07 Å². The van der Waals surface area contributed by atoms with E-state index in [-0.39, 0.29) is 12.1 Å². The first kappa shape index (κ1) is 13.1. The number of amides is 1. The molecule has 1 N–H and O–H groups in total. The fraction of sp³-hybridized carbons (Fsp3) is 0.286. The lowest BCUT2D eigenvalue weighted by Gasteiger charge is -2.22. The monoisotopic (exact) mass is 260 g/mol. The van der Waals surface area contributed by atoms with Crippen molar-refractivity contribution in [3.63, 3.8) is 0 Å². The number of rotatable bonds is 4. The van der Waals surface area contributed by atoms with Gasteiger partial charge in [0.15, 0.2) is 0 Å². The van der Waals surface area contributed by atoms with Crippen molar-refractivity contribution >= 4 is 23.1 Å². The molecule has 1 aromatic rings. The third kappa shape index (κ3) is 2.29. The smallest absolute Gasteiger partial charge is 0.296 e. The number of benzene rings is 1. The van der Waals surface area contributed by atoms with Crippen molar-refractivity contribution in [2.45, 2.75) is 13.3 Å². The van der Waals surface area contributed by atoms with Crippen LogP contribution in [0.3, 0.4) is 0 Å². The highest BCUT2D eigenvalue weighted by molar-refractivity contribution is 6.51. The standard InChI is InChI=1S/C14H13FN2O2/c1-3-5-17(6-4-2)12-8-11-9(7-10(12)15)13(18)14(19)16-11/h1,7-8H,4-6H2,2H3,(H,16,18,19). The topological polar surface area (TPSA) is 49.4 Å². The molecule has 98 valence electrons. The summed E-state index contributed by atoms with van der Waals surface area (Å²) in [6.45, 7) is 2.83. The largest absolute Gasteiger partial charge is 0.358 e. The third-order valence-electron chi connectivity index (χ3n) is 2.90. The Kier molecular flexibility index (Phi) is 3.52. The third-order valence-corrected chi connectivity index (χ3v) is 2.90. The van der Waals surface area contributed by atoms with Gasteiger partial charge in [-0.3, -0.25) is 9.59 Å². The Balaban J connectivity index is 2.44. The van der Waals surface area contributed by atoms with Crippen LogP contribution in [0.4, 0.5) is 15.8 Å². The van der Waals surface area contributed by atoms with E-state index < -0.39 is 17.5 Å². The molecule has 4 nitrogen and oxygen atoms in total. The molecule has 0 atom stereocenters. The van der Waals surface area contributed by atoms with Gasteiger partial charge in [-0.1, -0.05) is 12.8 Å². The summed E-state index contributed by atoms with van der Waals surface area (Å²) < 4.78 is 14.0. The Bertz CT molecular complexity index is 590. The van der Waals surface area contributed by atoms with Gasteiger partial charge < -0.3 is 10.2 Å². The van der Waals surface area contributed by atoms with Crippen LogP contribution < -0.4 is 10.2 Å². The van der Waals surface area contributed by atoms with Crippen molar-refractivity contribution in [1.82, 2.24) is 0 Å². The van der Waals surface area contributed by atoms with E-state index in [0.29, 0.717) is 17.9 Å². The van der Waals surface area contributed by atoms with Gasteiger partial charge in [-0.25, -0.2) is 4.39 Å². The Labute approximate surface area is 110 Å². The minimum Gasteiger partial charge on any atom is -0.358 e. The van der Waals surface area contributed by atoms with Gasteiger partial charge in [-0.2, -0.15) is 0 Å². The highest BCUT2D eigenvalue weighted by Crippen LogP contribution is 2.31. The molecule has 0 radical (unpaired) electrons. The number of Topliss-reactive ketones (excluding diaryl/α,β-unsaturated/α-hetero) is 1. The van der Waals surface area contributed by atoms with Gasteiger partial charge in [-0.15, -0.1) is 6.42 Å². The molecule has 0 aromatic heterocycles. The summed E-state index contributed by atoms with van der Waals surface area (Å²) in [5, 5.41) is 2.42. The van der Waals surface area contributed by atoms with E-state index in [9.17, 15) is 14.0 Å². The quantitative estimate of drug-likeness (QED) is 0.663. The number of hydrogen-bond donors (Lipinski definition) is 1. The zero-order valence-electron chi connectivity index (χ0n) is 10.5. The average Bonchev–Trinajstić information content (AvgIpc) is 2.64. The zero-order valence-corrected chi connectivity index (χ0v) is 10.5. The molecule has 0 unspecified atom stereocenters. The number of carbonyl (C=O) groups is 2. The first-order valence-corrected chi connectivity index (χ1v) is 5.96. The predicted molar refractivity (Wildman–Crippen MR) is 70.7 cm³/mol. The van der Waals surface area contributed by atoms with Crippen molar-refractivity contribution in [1.29, 1.82) is 0 Å². The molecule has 19 heavy (non-hydrogen) atoms. The average molecular weight is 260 g/mol. The van der Waals surface area contributed by atoms with E-state index in [1.54, 1.807) is 4.90 Å². The van der Waals surface area contributed by atoms with Crippen LogP contribution in [0.5, 0.6) is 0 Å². The maximum absolute atomic E-state index is 14.0. The summed E-state index contributed by atoms with van der Waals surface area (Å²) in [6.07, 6.45) is 6.08. The molecule has 1 amide bonds. The summed E-state index contributed by atoms with van der Waals surface area (Å²) in [5.74, 6) is 0.480. The summed E-state index contributed by atoms with van der Waals surface area (Å²) in [6, 6.07) is 2.55. The van der Waals surface area contributed by atoms with Crippen molar-refractivity contribution in [2.24, 2.45) is 0 Å². The van der Waals surface area contributed by atoms with Crippen LogP contribution in [0.15, 0.2) is 12.1 Å². The molecule has 0 fully saturated rings. The molecular weight excluding hydrogens is 247 g/mol. The second kappa shape index (κ2) is 5.11. The van der Waals surface area contributed by atoms with Crippen LogP contribution in [0.2, 0.25) is 0 Å².